The van der Waals surface area contributed by atoms with Gasteiger partial charge in [0.1, 0.15) is 17.9 Å². The van der Waals surface area contributed by atoms with Gasteiger partial charge in [-0.15, -0.1) is 0 Å². The zero-order valence-electron chi connectivity index (χ0n) is 12.6. The summed E-state index contributed by atoms with van der Waals surface area (Å²) in [5.74, 6) is -0.0477. The molecular weight excluding hydrogens is 288 g/mol. The smallest absolute Gasteiger partial charge is 0.344 e. The fourth-order valence-corrected chi connectivity index (χ4v) is 1.94. The average molecular weight is 306 g/mol. The van der Waals surface area contributed by atoms with Crippen LogP contribution < -0.4 is 10.4 Å². The van der Waals surface area contributed by atoms with Gasteiger partial charge in [0.05, 0.1) is 6.61 Å². The van der Waals surface area contributed by atoms with Crippen LogP contribution in [0, 0.1) is 6.92 Å². The number of carbonyl (C=O) groups excluding carboxylic acids is 1. The van der Waals surface area contributed by atoms with Gasteiger partial charge in [-0.25, -0.2) is 9.59 Å². The summed E-state index contributed by atoms with van der Waals surface area (Å²) in [6.45, 7) is 4.62. The van der Waals surface area contributed by atoms with E-state index in [9.17, 15) is 9.59 Å². The van der Waals surface area contributed by atoms with Gasteiger partial charge < -0.3 is 18.6 Å². The van der Waals surface area contributed by atoms with E-state index in [2.05, 4.69) is 0 Å². The van der Waals surface area contributed by atoms with E-state index in [0.29, 0.717) is 24.5 Å². The SMILES string of the molecule is CCOCCOC(=O)COc1ccc2c(C)cc(=O)oc2c1. The van der Waals surface area contributed by atoms with Crippen LogP contribution in [0.15, 0.2) is 33.5 Å². The van der Waals surface area contributed by atoms with Crippen LogP contribution in [0.1, 0.15) is 12.5 Å². The van der Waals surface area contributed by atoms with Gasteiger partial charge in [0.15, 0.2) is 6.61 Å². The van der Waals surface area contributed by atoms with Gasteiger partial charge >= 0.3 is 11.6 Å². The van der Waals surface area contributed by atoms with E-state index in [4.69, 9.17) is 18.6 Å². The summed E-state index contributed by atoms with van der Waals surface area (Å²) in [5.41, 5.74) is 0.831. The van der Waals surface area contributed by atoms with Crippen molar-refractivity contribution in [3.8, 4) is 5.75 Å². The van der Waals surface area contributed by atoms with Crippen LogP contribution in [0.5, 0.6) is 5.75 Å². The van der Waals surface area contributed by atoms with Crippen LogP contribution in [0.25, 0.3) is 11.0 Å². The molecule has 0 atom stereocenters. The lowest BCUT2D eigenvalue weighted by Crippen LogP contribution is -2.17. The molecule has 0 aliphatic heterocycles. The Morgan fingerprint density at radius 1 is 1.23 bits per heavy atom. The number of benzene rings is 1. The van der Waals surface area contributed by atoms with Crippen molar-refractivity contribution in [2.75, 3.05) is 26.4 Å². The lowest BCUT2D eigenvalue weighted by molar-refractivity contribution is -0.147. The summed E-state index contributed by atoms with van der Waals surface area (Å²) < 4.78 is 20.4. The summed E-state index contributed by atoms with van der Waals surface area (Å²) in [5, 5.41) is 0.825. The van der Waals surface area contributed by atoms with Crippen molar-refractivity contribution in [1.82, 2.24) is 0 Å². The standard InChI is InChI=1S/C16H18O6/c1-3-19-6-7-20-16(18)10-21-12-4-5-13-11(2)8-15(17)22-14(13)9-12/h4-5,8-9H,3,6-7,10H2,1-2H3. The van der Waals surface area contributed by atoms with E-state index in [-0.39, 0.29) is 13.2 Å². The fourth-order valence-electron chi connectivity index (χ4n) is 1.94. The Morgan fingerprint density at radius 2 is 2.05 bits per heavy atom. The van der Waals surface area contributed by atoms with Crippen molar-refractivity contribution >= 4 is 16.9 Å². The number of esters is 1. The monoisotopic (exact) mass is 306 g/mol. The first-order chi connectivity index (χ1) is 10.6. The Labute approximate surface area is 127 Å². The molecular formula is C16H18O6. The predicted molar refractivity (Wildman–Crippen MR) is 80.2 cm³/mol. The molecule has 2 rings (SSSR count). The maximum Gasteiger partial charge on any atom is 0.344 e. The second-order valence-corrected chi connectivity index (χ2v) is 4.61. The molecule has 1 heterocycles. The highest BCUT2D eigenvalue weighted by atomic mass is 16.6. The maximum atomic E-state index is 11.5. The Morgan fingerprint density at radius 3 is 2.82 bits per heavy atom. The molecule has 0 bridgehead atoms. The Balaban J connectivity index is 1.94. The molecule has 0 saturated carbocycles. The minimum atomic E-state index is -0.481. The van der Waals surface area contributed by atoms with Gasteiger partial charge in [-0.1, -0.05) is 0 Å². The zero-order valence-corrected chi connectivity index (χ0v) is 12.6. The third-order valence-electron chi connectivity index (χ3n) is 2.97. The average Bonchev–Trinajstić information content (AvgIpc) is 2.49. The van der Waals surface area contributed by atoms with Crippen LogP contribution in [0.3, 0.4) is 0 Å². The highest BCUT2D eigenvalue weighted by molar-refractivity contribution is 5.81. The molecule has 0 saturated heterocycles. The highest BCUT2D eigenvalue weighted by Crippen LogP contribution is 2.22. The quantitative estimate of drug-likeness (QED) is 0.443. The summed E-state index contributed by atoms with van der Waals surface area (Å²) in [6.07, 6.45) is 0. The van der Waals surface area contributed by atoms with Crippen LogP contribution >= 0.6 is 0 Å². The lowest BCUT2D eigenvalue weighted by atomic mass is 10.1. The number of carbonyl (C=O) groups is 1. The molecule has 2 aromatic rings. The first kappa shape index (κ1) is 16.0. The molecule has 0 unspecified atom stereocenters. The van der Waals surface area contributed by atoms with E-state index in [1.54, 1.807) is 18.2 Å². The van der Waals surface area contributed by atoms with Gasteiger partial charge in [-0.05, 0) is 31.5 Å². The van der Waals surface area contributed by atoms with Crippen molar-refractivity contribution in [3.63, 3.8) is 0 Å². The van der Waals surface area contributed by atoms with Crippen molar-refractivity contribution in [2.24, 2.45) is 0 Å². The molecule has 0 N–H and O–H groups in total. The second kappa shape index (κ2) is 7.61. The van der Waals surface area contributed by atoms with Crippen LogP contribution in [-0.2, 0) is 14.3 Å². The summed E-state index contributed by atoms with van der Waals surface area (Å²) in [6, 6.07) is 6.50. The van der Waals surface area contributed by atoms with Gasteiger partial charge in [0, 0.05) is 24.1 Å². The maximum absolute atomic E-state index is 11.5. The molecule has 0 aliphatic rings. The number of fused-ring (bicyclic) bond motifs is 1. The van der Waals surface area contributed by atoms with E-state index in [1.807, 2.05) is 13.8 Å². The summed E-state index contributed by atoms with van der Waals surface area (Å²) in [7, 11) is 0. The van der Waals surface area contributed by atoms with Crippen LogP contribution in [0.2, 0.25) is 0 Å². The molecule has 1 aromatic carbocycles. The van der Waals surface area contributed by atoms with Crippen molar-refractivity contribution in [1.29, 1.82) is 0 Å². The molecule has 0 spiro atoms. The van der Waals surface area contributed by atoms with E-state index in [1.165, 1.54) is 6.07 Å². The van der Waals surface area contributed by atoms with Gasteiger partial charge in [-0.3, -0.25) is 0 Å². The topological polar surface area (TPSA) is 75.0 Å². The number of rotatable bonds is 7. The van der Waals surface area contributed by atoms with Crippen molar-refractivity contribution < 1.29 is 23.4 Å². The predicted octanol–water partition coefficient (Wildman–Crippen LogP) is 2.06. The summed E-state index contributed by atoms with van der Waals surface area (Å²) in [4.78, 5) is 22.8. The van der Waals surface area contributed by atoms with E-state index >= 15 is 0 Å². The largest absolute Gasteiger partial charge is 0.482 e. The minimum Gasteiger partial charge on any atom is -0.482 e. The Kier molecular flexibility index (Phi) is 5.55. The molecule has 22 heavy (non-hydrogen) atoms. The summed E-state index contributed by atoms with van der Waals surface area (Å²) >= 11 is 0. The van der Waals surface area contributed by atoms with Gasteiger partial charge in [0.2, 0.25) is 0 Å². The molecule has 118 valence electrons. The fraction of sp³-hybridized carbons (Fsp3) is 0.375. The first-order valence-electron chi connectivity index (χ1n) is 7.01. The molecule has 0 fully saturated rings. The second-order valence-electron chi connectivity index (χ2n) is 4.61. The number of ether oxygens (including phenoxy) is 3. The molecule has 0 radical (unpaired) electrons. The molecule has 1 aromatic heterocycles. The molecule has 0 aliphatic carbocycles. The Hall–Kier alpha value is -2.34. The van der Waals surface area contributed by atoms with Crippen LogP contribution in [-0.4, -0.2) is 32.4 Å². The molecule has 6 nitrogen and oxygen atoms in total. The lowest BCUT2D eigenvalue weighted by Gasteiger charge is -2.08. The number of aryl methyl sites for hydroxylation is 1. The number of hydrogen-bond acceptors (Lipinski definition) is 6. The number of hydrogen-bond donors (Lipinski definition) is 0. The normalized spacial score (nSPS) is 10.6. The zero-order chi connectivity index (χ0) is 15.9. The van der Waals surface area contributed by atoms with Gasteiger partial charge in [0.25, 0.3) is 0 Å². The van der Waals surface area contributed by atoms with Crippen molar-refractivity contribution in [2.45, 2.75) is 13.8 Å². The first-order valence-corrected chi connectivity index (χ1v) is 7.01. The minimum absolute atomic E-state index is 0.196. The molecule has 0 amide bonds. The third kappa shape index (κ3) is 4.33. The Bertz CT molecular complexity index is 703. The van der Waals surface area contributed by atoms with E-state index in [0.717, 1.165) is 10.9 Å². The molecule has 6 heteroatoms. The van der Waals surface area contributed by atoms with Crippen LogP contribution in [0.4, 0.5) is 0 Å². The van der Waals surface area contributed by atoms with E-state index < -0.39 is 11.6 Å². The van der Waals surface area contributed by atoms with Crippen molar-refractivity contribution in [3.05, 3.63) is 40.2 Å². The highest BCUT2D eigenvalue weighted by Gasteiger charge is 2.07. The van der Waals surface area contributed by atoms with Gasteiger partial charge in [-0.2, -0.15) is 0 Å². The third-order valence-corrected chi connectivity index (χ3v) is 2.97.